The Morgan fingerprint density at radius 1 is 0.857 bits per heavy atom. The third-order valence-electron chi connectivity index (χ3n) is 13.6. The molecule has 5 saturated carbocycles. The summed E-state index contributed by atoms with van der Waals surface area (Å²) < 4.78 is 5.44. The zero-order valence-electron chi connectivity index (χ0n) is 23.6. The summed E-state index contributed by atoms with van der Waals surface area (Å²) >= 11 is 0. The van der Waals surface area contributed by atoms with Crippen LogP contribution >= 0.6 is 0 Å². The lowest BCUT2D eigenvalue weighted by Gasteiger charge is -2.72. The van der Waals surface area contributed by atoms with E-state index in [1.54, 1.807) is 0 Å². The van der Waals surface area contributed by atoms with Crippen molar-refractivity contribution in [2.24, 2.45) is 56.2 Å². The van der Waals surface area contributed by atoms with Gasteiger partial charge in [0.15, 0.2) is 0 Å². The van der Waals surface area contributed by atoms with Crippen LogP contribution in [-0.2, 0) is 14.3 Å². The van der Waals surface area contributed by atoms with Crippen LogP contribution in [0.4, 0.5) is 0 Å². The second-order valence-corrected chi connectivity index (χ2v) is 15.6. The largest absolute Gasteiger partial charge is 0.469 e. The summed E-state index contributed by atoms with van der Waals surface area (Å²) in [5, 5.41) is 10.9. The Bertz CT molecular complexity index is 921. The molecule has 0 radical (unpaired) electrons. The molecule has 0 aromatic heterocycles. The highest BCUT2D eigenvalue weighted by Gasteiger charge is 2.73. The predicted octanol–water partition coefficient (Wildman–Crippen LogP) is 6.58. The number of aliphatic hydroxyl groups excluding tert-OH is 1. The third kappa shape index (κ3) is 3.13. The number of ketones is 1. The summed E-state index contributed by atoms with van der Waals surface area (Å²) in [6.45, 7) is 16.5. The summed E-state index contributed by atoms with van der Waals surface area (Å²) in [6.07, 6.45) is 9.09. The van der Waals surface area contributed by atoms with Gasteiger partial charge in [-0.2, -0.15) is 0 Å². The topological polar surface area (TPSA) is 63.6 Å². The molecule has 0 aliphatic heterocycles. The predicted molar refractivity (Wildman–Crippen MR) is 137 cm³/mol. The second-order valence-electron chi connectivity index (χ2n) is 15.6. The van der Waals surface area contributed by atoms with Crippen molar-refractivity contribution in [3.8, 4) is 0 Å². The summed E-state index contributed by atoms with van der Waals surface area (Å²) in [5.41, 5.74) is -0.427. The number of carbonyl (C=O) groups excluding carboxylic acids is 2. The van der Waals surface area contributed by atoms with Gasteiger partial charge in [0.2, 0.25) is 0 Å². The lowest BCUT2D eigenvalue weighted by Crippen LogP contribution is -2.69. The normalized spacial score (nSPS) is 52.4. The number of hydrogen-bond acceptors (Lipinski definition) is 4. The number of Topliss-reactive ketones (excluding diaryl/α,β-unsaturated/α-hetero) is 1. The number of esters is 1. The fourth-order valence-electron chi connectivity index (χ4n) is 11.3. The van der Waals surface area contributed by atoms with Gasteiger partial charge in [-0.05, 0) is 103 Å². The minimum Gasteiger partial charge on any atom is -0.469 e. The van der Waals surface area contributed by atoms with Crippen LogP contribution in [-0.4, -0.2) is 30.1 Å². The molecule has 1 unspecified atom stereocenters. The van der Waals surface area contributed by atoms with Gasteiger partial charge in [-0.25, -0.2) is 0 Å². The van der Waals surface area contributed by atoms with E-state index in [2.05, 4.69) is 48.5 Å². The lowest BCUT2D eigenvalue weighted by molar-refractivity contribution is -0.246. The van der Waals surface area contributed by atoms with Gasteiger partial charge in [0, 0.05) is 12.3 Å². The van der Waals surface area contributed by atoms with Crippen molar-refractivity contribution < 1.29 is 19.4 Å². The molecule has 1 N–H and O–H groups in total. The van der Waals surface area contributed by atoms with Gasteiger partial charge in [-0.15, -0.1) is 0 Å². The van der Waals surface area contributed by atoms with E-state index in [0.29, 0.717) is 24.0 Å². The van der Waals surface area contributed by atoms with Crippen LogP contribution in [0.1, 0.15) is 113 Å². The number of methoxy groups -OCH3 is 1. The Balaban J connectivity index is 1.59. The maximum Gasteiger partial charge on any atom is 0.312 e. The molecule has 5 aliphatic rings. The molecule has 4 heteroatoms. The first-order chi connectivity index (χ1) is 16.1. The van der Waals surface area contributed by atoms with Gasteiger partial charge in [0.05, 0.1) is 18.6 Å². The van der Waals surface area contributed by atoms with E-state index in [0.717, 1.165) is 57.8 Å². The average Bonchev–Trinajstić information content (AvgIpc) is 2.77. The van der Waals surface area contributed by atoms with Crippen LogP contribution in [0.2, 0.25) is 0 Å². The Hall–Kier alpha value is -0.900. The van der Waals surface area contributed by atoms with Gasteiger partial charge < -0.3 is 9.84 Å². The Morgan fingerprint density at radius 3 is 2.17 bits per heavy atom. The maximum absolute atomic E-state index is 14.4. The highest BCUT2D eigenvalue weighted by Crippen LogP contribution is 2.76. The molecule has 0 saturated heterocycles. The van der Waals surface area contributed by atoms with Crippen LogP contribution < -0.4 is 0 Å². The lowest BCUT2D eigenvalue weighted by atomic mass is 9.31. The second kappa shape index (κ2) is 7.58. The number of hydrogen-bond donors (Lipinski definition) is 1. The molecule has 4 nitrogen and oxygen atoms in total. The van der Waals surface area contributed by atoms with Crippen molar-refractivity contribution in [2.75, 3.05) is 7.11 Å². The molecule has 5 aliphatic carbocycles. The van der Waals surface area contributed by atoms with E-state index in [9.17, 15) is 14.7 Å². The Labute approximate surface area is 213 Å². The minimum atomic E-state index is -0.495. The van der Waals surface area contributed by atoms with Crippen molar-refractivity contribution >= 4 is 11.8 Å². The molecule has 0 bridgehead atoms. The van der Waals surface area contributed by atoms with E-state index < -0.39 is 5.41 Å². The first-order valence-corrected chi connectivity index (χ1v) is 14.4. The van der Waals surface area contributed by atoms with Crippen molar-refractivity contribution in [1.29, 1.82) is 0 Å². The Kier molecular flexibility index (Phi) is 5.57. The summed E-state index contributed by atoms with van der Waals surface area (Å²) in [4.78, 5) is 27.8. The van der Waals surface area contributed by atoms with E-state index >= 15 is 0 Å². The van der Waals surface area contributed by atoms with Crippen molar-refractivity contribution in [3.63, 3.8) is 0 Å². The number of ether oxygens (including phenoxy) is 1. The van der Waals surface area contributed by atoms with Crippen molar-refractivity contribution in [3.05, 3.63) is 0 Å². The summed E-state index contributed by atoms with van der Waals surface area (Å²) in [5.74, 6) is 1.15. The Morgan fingerprint density at radius 2 is 1.51 bits per heavy atom. The van der Waals surface area contributed by atoms with E-state index in [-0.39, 0.29) is 51.0 Å². The van der Waals surface area contributed by atoms with Crippen LogP contribution in [0.15, 0.2) is 0 Å². The zero-order valence-corrected chi connectivity index (χ0v) is 23.6. The van der Waals surface area contributed by atoms with Gasteiger partial charge in [0.1, 0.15) is 5.78 Å². The van der Waals surface area contributed by atoms with Crippen LogP contribution in [0, 0.1) is 56.2 Å². The first-order valence-electron chi connectivity index (χ1n) is 14.4. The van der Waals surface area contributed by atoms with Crippen molar-refractivity contribution in [1.82, 2.24) is 0 Å². The molecular formula is C31H50O4. The fraction of sp³-hybridized carbons (Fsp3) is 0.935. The molecule has 9 atom stereocenters. The number of carbonyl (C=O) groups is 2. The van der Waals surface area contributed by atoms with E-state index in [4.69, 9.17) is 4.74 Å². The van der Waals surface area contributed by atoms with Gasteiger partial charge in [0.25, 0.3) is 0 Å². The summed E-state index contributed by atoms with van der Waals surface area (Å²) in [6, 6.07) is 0. The highest BCUT2D eigenvalue weighted by atomic mass is 16.5. The van der Waals surface area contributed by atoms with Crippen LogP contribution in [0.5, 0.6) is 0 Å². The van der Waals surface area contributed by atoms with E-state index in [1.165, 1.54) is 7.11 Å². The quantitative estimate of drug-likeness (QED) is 0.425. The monoisotopic (exact) mass is 486 g/mol. The smallest absolute Gasteiger partial charge is 0.312 e. The van der Waals surface area contributed by atoms with E-state index in [1.807, 2.05) is 0 Å². The molecule has 35 heavy (non-hydrogen) atoms. The average molecular weight is 487 g/mol. The zero-order chi connectivity index (χ0) is 25.8. The molecule has 0 heterocycles. The molecule has 0 aromatic rings. The molecule has 0 amide bonds. The molecule has 5 fully saturated rings. The first kappa shape index (κ1) is 25.7. The number of rotatable bonds is 1. The molecular weight excluding hydrogens is 436 g/mol. The van der Waals surface area contributed by atoms with Crippen molar-refractivity contribution in [2.45, 2.75) is 119 Å². The number of aliphatic hydroxyl groups is 1. The van der Waals surface area contributed by atoms with Gasteiger partial charge >= 0.3 is 5.97 Å². The maximum atomic E-state index is 14.4. The SMILES string of the molecule is COC(=O)[C@]12CCC(C)(C)C[C@H]1[C@H]1C(=O)C[C@@H]3[C@@]4(C)CC[C@H](O)C(C)(C)C4CC[C@@]3(C)[C@]1(C)CC2. The van der Waals surface area contributed by atoms with Crippen LogP contribution in [0.3, 0.4) is 0 Å². The summed E-state index contributed by atoms with van der Waals surface area (Å²) in [7, 11) is 1.53. The minimum absolute atomic E-state index is 0.0569. The number of fused-ring (bicyclic) bond motifs is 7. The van der Waals surface area contributed by atoms with Gasteiger partial charge in [-0.1, -0.05) is 48.5 Å². The van der Waals surface area contributed by atoms with Gasteiger partial charge in [-0.3, -0.25) is 9.59 Å². The standard InChI is InChI=1S/C31H50O4/c1-26(2)13-15-31(25(34)35-8)16-14-30(7)24(19(31)18-26)20(32)17-22-28(5)11-10-23(33)27(3,4)21(28)9-12-29(22,30)6/h19,21-24,33H,9-18H2,1-8H3/t19-,21?,22+,23-,24-,28-,29+,30+,31-/m0/s1. The highest BCUT2D eigenvalue weighted by molar-refractivity contribution is 5.86. The third-order valence-corrected chi connectivity index (χ3v) is 13.6. The molecule has 5 rings (SSSR count). The molecule has 0 aromatic carbocycles. The van der Waals surface area contributed by atoms with Crippen LogP contribution in [0.25, 0.3) is 0 Å². The molecule has 198 valence electrons. The fourth-order valence-corrected chi connectivity index (χ4v) is 11.3. The molecule has 0 spiro atoms.